The van der Waals surface area contributed by atoms with E-state index in [9.17, 15) is 24.2 Å². The van der Waals surface area contributed by atoms with Crippen molar-refractivity contribution in [1.29, 1.82) is 0 Å². The second kappa shape index (κ2) is 76.3. The highest BCUT2D eigenvalue weighted by Crippen LogP contribution is 2.43. The highest BCUT2D eigenvalue weighted by atomic mass is 31.2. The molecule has 0 amide bonds. The molecule has 91 heavy (non-hydrogen) atoms. The van der Waals surface area contributed by atoms with E-state index < -0.39 is 51.8 Å². The number of rotatable bonds is 80. The smallest absolute Gasteiger partial charge is 0.462 e. The first-order valence-electron chi connectivity index (χ1n) is 41.0. The van der Waals surface area contributed by atoms with Gasteiger partial charge in [-0.25, -0.2) is 4.57 Å². The van der Waals surface area contributed by atoms with Gasteiger partial charge in [-0.3, -0.25) is 18.6 Å². The number of phosphoric acid groups is 1. The molecule has 0 aliphatic heterocycles. The lowest BCUT2D eigenvalue weighted by Crippen LogP contribution is -2.29. The van der Waals surface area contributed by atoms with Gasteiger partial charge in [0.15, 0.2) is 6.10 Å². The summed E-state index contributed by atoms with van der Waals surface area (Å²) in [5.41, 5.74) is 0. The molecule has 1 unspecified atom stereocenters. The number of ether oxygens (including phenoxy) is 2. The lowest BCUT2D eigenvalue weighted by atomic mass is 10.0. The highest BCUT2D eigenvalue weighted by molar-refractivity contribution is 7.47. The van der Waals surface area contributed by atoms with Crippen molar-refractivity contribution in [1.82, 2.24) is 0 Å². The van der Waals surface area contributed by atoms with Crippen LogP contribution in [0.5, 0.6) is 0 Å². The zero-order valence-electron chi connectivity index (χ0n) is 61.1. The minimum Gasteiger partial charge on any atom is -0.462 e. The summed E-state index contributed by atoms with van der Waals surface area (Å²) in [5.74, 6) is -0.889. The Morgan fingerprint density at radius 1 is 0.286 bits per heavy atom. The molecule has 0 aromatic carbocycles. The minimum absolute atomic E-state index is 0.194. The summed E-state index contributed by atoms with van der Waals surface area (Å²) in [7, 11) is -4.63. The lowest BCUT2D eigenvalue weighted by molar-refractivity contribution is -0.161. The van der Waals surface area contributed by atoms with Crippen LogP contribution in [0.3, 0.4) is 0 Å². The van der Waals surface area contributed by atoms with Gasteiger partial charge in [-0.15, -0.1) is 0 Å². The van der Waals surface area contributed by atoms with Crippen LogP contribution in [0.2, 0.25) is 0 Å². The average molecular weight is 1310 g/mol. The van der Waals surface area contributed by atoms with Crippen molar-refractivity contribution in [3.05, 3.63) is 0 Å². The summed E-state index contributed by atoms with van der Waals surface area (Å²) in [6.45, 7) is 2.52. The van der Waals surface area contributed by atoms with Gasteiger partial charge in [-0.05, 0) is 12.8 Å². The van der Waals surface area contributed by atoms with Crippen molar-refractivity contribution < 1.29 is 47.8 Å². The van der Waals surface area contributed by atoms with Gasteiger partial charge in [-0.1, -0.05) is 438 Å². The fourth-order valence-electron chi connectivity index (χ4n) is 13.1. The molecular weight excluding hydrogens is 1150 g/mol. The molecule has 0 radical (unpaired) electrons. The number of hydrogen-bond donors (Lipinski definition) is 3. The molecule has 0 aliphatic rings. The standard InChI is InChI=1S/C80H159O10P/c1-3-5-7-9-11-13-15-17-19-21-23-25-27-29-31-33-35-37-39-41-43-45-47-49-51-53-55-57-59-61-63-65-67-69-71-79(83)87-75-78(76-89-91(85,86)88-74-77(82)73-81)90-80(84)72-70-68-66-64-62-60-58-56-54-52-50-48-46-44-42-40-38-36-34-32-30-28-26-24-22-20-18-16-14-12-10-8-6-4-2/h77-78,81-82H,3-76H2,1-2H3,(H,85,86)/t77-,78+/m0/s1. The predicted octanol–water partition coefficient (Wildman–Crippen LogP) is 26.3. The number of phosphoric ester groups is 1. The Labute approximate surface area is 566 Å². The van der Waals surface area contributed by atoms with E-state index in [0.717, 1.165) is 32.1 Å². The summed E-state index contributed by atoms with van der Waals surface area (Å²) < 4.78 is 33.2. The molecule has 0 aromatic heterocycles. The molecule has 0 aromatic rings. The Morgan fingerprint density at radius 2 is 0.473 bits per heavy atom. The zero-order chi connectivity index (χ0) is 66.0. The van der Waals surface area contributed by atoms with Crippen molar-refractivity contribution in [3.8, 4) is 0 Å². The monoisotopic (exact) mass is 1310 g/mol. The fraction of sp³-hybridized carbons (Fsp3) is 0.975. The van der Waals surface area contributed by atoms with Gasteiger partial charge in [0.1, 0.15) is 12.7 Å². The van der Waals surface area contributed by atoms with Gasteiger partial charge in [0.05, 0.1) is 19.8 Å². The van der Waals surface area contributed by atoms with E-state index in [1.165, 1.54) is 392 Å². The molecule has 0 heterocycles. The van der Waals surface area contributed by atoms with E-state index in [1.54, 1.807) is 0 Å². The van der Waals surface area contributed by atoms with Crippen LogP contribution >= 0.6 is 7.82 Å². The third-order valence-electron chi connectivity index (χ3n) is 19.3. The molecule has 10 nitrogen and oxygen atoms in total. The number of unbranched alkanes of at least 4 members (excludes halogenated alkanes) is 66. The SMILES string of the molecule is CCCCCCCCCCCCCCCCCCCCCCCCCCCCCCCCCCCCC(=O)OC[C@H](COP(=O)(O)OC[C@@H](O)CO)OC(=O)CCCCCCCCCCCCCCCCCCCCCCCCCCCCCCCCCCCC. The zero-order valence-corrected chi connectivity index (χ0v) is 62.0. The maximum atomic E-state index is 12.8. The molecule has 0 rings (SSSR count). The molecule has 544 valence electrons. The minimum atomic E-state index is -4.63. The molecule has 0 fully saturated rings. The average Bonchev–Trinajstić information content (AvgIpc) is 3.69. The molecule has 0 aliphatic carbocycles. The van der Waals surface area contributed by atoms with Crippen LogP contribution in [0.4, 0.5) is 0 Å². The normalized spacial score (nSPS) is 13.1. The van der Waals surface area contributed by atoms with Gasteiger partial charge in [0, 0.05) is 12.8 Å². The molecule has 0 saturated carbocycles. The molecule has 0 saturated heterocycles. The number of hydrogen-bond acceptors (Lipinski definition) is 9. The van der Waals surface area contributed by atoms with Crippen LogP contribution in [-0.4, -0.2) is 65.7 Å². The second-order valence-electron chi connectivity index (χ2n) is 28.5. The first-order valence-corrected chi connectivity index (χ1v) is 42.5. The van der Waals surface area contributed by atoms with Crippen LogP contribution in [0.15, 0.2) is 0 Å². The van der Waals surface area contributed by atoms with E-state index in [2.05, 4.69) is 13.8 Å². The Balaban J connectivity index is 3.82. The summed E-state index contributed by atoms with van der Waals surface area (Å²) in [5, 5.41) is 18.6. The van der Waals surface area contributed by atoms with Gasteiger partial charge < -0.3 is 24.6 Å². The summed E-state index contributed by atoms with van der Waals surface area (Å²) in [6, 6.07) is 0. The molecule has 3 N–H and O–H groups in total. The summed E-state index contributed by atoms with van der Waals surface area (Å²) in [4.78, 5) is 35.6. The van der Waals surface area contributed by atoms with Crippen molar-refractivity contribution in [2.75, 3.05) is 26.4 Å². The molecule has 11 heteroatoms. The van der Waals surface area contributed by atoms with Crippen molar-refractivity contribution >= 4 is 19.8 Å². The van der Waals surface area contributed by atoms with Gasteiger partial charge in [-0.2, -0.15) is 0 Å². The Bertz CT molecular complexity index is 1470. The van der Waals surface area contributed by atoms with Crippen LogP contribution in [0.25, 0.3) is 0 Å². The highest BCUT2D eigenvalue weighted by Gasteiger charge is 2.27. The maximum absolute atomic E-state index is 12.8. The fourth-order valence-corrected chi connectivity index (χ4v) is 13.9. The van der Waals surface area contributed by atoms with Crippen molar-refractivity contribution in [3.63, 3.8) is 0 Å². The van der Waals surface area contributed by atoms with Crippen molar-refractivity contribution in [2.24, 2.45) is 0 Å². The molecular formula is C80H159O10P. The number of carbonyl (C=O) groups excluding carboxylic acids is 2. The van der Waals surface area contributed by atoms with Crippen LogP contribution in [0.1, 0.15) is 463 Å². The predicted molar refractivity (Wildman–Crippen MR) is 390 cm³/mol. The summed E-state index contributed by atoms with van der Waals surface area (Å²) in [6.07, 6.45) is 90.4. The van der Waals surface area contributed by atoms with E-state index in [0.29, 0.717) is 12.8 Å². The largest absolute Gasteiger partial charge is 0.472 e. The number of carbonyl (C=O) groups is 2. The maximum Gasteiger partial charge on any atom is 0.472 e. The third kappa shape index (κ3) is 76.2. The summed E-state index contributed by atoms with van der Waals surface area (Å²) >= 11 is 0. The van der Waals surface area contributed by atoms with E-state index in [4.69, 9.17) is 23.6 Å². The quantitative estimate of drug-likeness (QED) is 0.0305. The Hall–Kier alpha value is -1.03. The second-order valence-corrected chi connectivity index (χ2v) is 30.0. The van der Waals surface area contributed by atoms with Gasteiger partial charge in [0.25, 0.3) is 0 Å². The number of aliphatic hydroxyl groups excluding tert-OH is 2. The number of aliphatic hydroxyl groups is 2. The van der Waals surface area contributed by atoms with Crippen LogP contribution in [-0.2, 0) is 32.7 Å². The lowest BCUT2D eigenvalue weighted by Gasteiger charge is -2.20. The van der Waals surface area contributed by atoms with E-state index >= 15 is 0 Å². The van der Waals surface area contributed by atoms with Crippen LogP contribution in [0, 0.1) is 0 Å². The van der Waals surface area contributed by atoms with Crippen LogP contribution < -0.4 is 0 Å². The van der Waals surface area contributed by atoms with Gasteiger partial charge >= 0.3 is 19.8 Å². The van der Waals surface area contributed by atoms with Gasteiger partial charge in [0.2, 0.25) is 0 Å². The molecule has 3 atom stereocenters. The first kappa shape index (κ1) is 90.0. The Kier molecular flexibility index (Phi) is 75.5. The van der Waals surface area contributed by atoms with E-state index in [1.807, 2.05) is 0 Å². The topological polar surface area (TPSA) is 149 Å². The first-order chi connectivity index (χ1) is 44.7. The number of esters is 2. The molecule has 0 bridgehead atoms. The Morgan fingerprint density at radius 3 is 0.681 bits per heavy atom. The van der Waals surface area contributed by atoms with E-state index in [-0.39, 0.29) is 19.4 Å². The van der Waals surface area contributed by atoms with Crippen molar-refractivity contribution in [2.45, 2.75) is 476 Å². The molecule has 0 spiro atoms. The third-order valence-corrected chi connectivity index (χ3v) is 20.2.